The van der Waals surface area contributed by atoms with Gasteiger partial charge in [0.15, 0.2) is 0 Å². The topological polar surface area (TPSA) is 41.5 Å². The summed E-state index contributed by atoms with van der Waals surface area (Å²) >= 11 is 3.46. The zero-order chi connectivity index (χ0) is 12.2. The first-order chi connectivity index (χ1) is 7.42. The fourth-order valence-electron chi connectivity index (χ4n) is 1.27. The highest BCUT2D eigenvalue weighted by molar-refractivity contribution is 9.10. The van der Waals surface area contributed by atoms with Crippen LogP contribution in [0.15, 0.2) is 22.7 Å². The summed E-state index contributed by atoms with van der Waals surface area (Å²) < 4.78 is 6.14. The van der Waals surface area contributed by atoms with Crippen LogP contribution in [0.2, 0.25) is 0 Å². The van der Waals surface area contributed by atoms with Gasteiger partial charge in [0.1, 0.15) is 5.75 Å². The lowest BCUT2D eigenvalue weighted by Gasteiger charge is -2.18. The molecule has 90 valence electrons. The average Bonchev–Trinajstić information content (AvgIpc) is 2.19. The van der Waals surface area contributed by atoms with Crippen LogP contribution >= 0.6 is 15.9 Å². The van der Waals surface area contributed by atoms with Crippen molar-refractivity contribution in [3.05, 3.63) is 22.7 Å². The number of hydrogen-bond acceptors (Lipinski definition) is 3. The first kappa shape index (κ1) is 13.3. The van der Waals surface area contributed by atoms with Crippen molar-refractivity contribution in [2.75, 3.05) is 19.0 Å². The maximum absolute atomic E-state index is 9.59. The van der Waals surface area contributed by atoms with Gasteiger partial charge in [0, 0.05) is 17.1 Å². The first-order valence-electron chi connectivity index (χ1n) is 5.22. The third kappa shape index (κ3) is 4.41. The van der Waals surface area contributed by atoms with Crippen molar-refractivity contribution in [1.82, 2.24) is 0 Å². The van der Waals surface area contributed by atoms with Gasteiger partial charge in [-0.2, -0.15) is 0 Å². The van der Waals surface area contributed by atoms with Crippen LogP contribution in [0.3, 0.4) is 0 Å². The normalized spacial score (nSPS) is 11.3. The van der Waals surface area contributed by atoms with Crippen LogP contribution in [-0.2, 0) is 0 Å². The van der Waals surface area contributed by atoms with Gasteiger partial charge in [-0.3, -0.25) is 0 Å². The molecule has 0 aliphatic carbocycles. The Labute approximate surface area is 105 Å². The van der Waals surface area contributed by atoms with Crippen molar-refractivity contribution in [3.8, 4) is 5.75 Å². The Hall–Kier alpha value is -0.740. The number of rotatable bonds is 5. The number of ether oxygens (including phenoxy) is 1. The molecule has 0 unspecified atom stereocenters. The minimum absolute atomic E-state index is 0.641. The van der Waals surface area contributed by atoms with E-state index in [-0.39, 0.29) is 0 Å². The summed E-state index contributed by atoms with van der Waals surface area (Å²) in [6.45, 7) is 4.32. The standard InChI is InChI=1S/C12H18BrNO2/c1-12(2,15)6-7-14-11-8-9(16-3)4-5-10(11)13/h4-5,8,14-15H,6-7H2,1-3H3. The molecule has 0 aliphatic heterocycles. The molecule has 1 aromatic carbocycles. The molecule has 16 heavy (non-hydrogen) atoms. The number of halogens is 1. The Kier molecular flexibility index (Phi) is 4.62. The SMILES string of the molecule is COc1ccc(Br)c(NCCC(C)(C)O)c1. The molecule has 3 nitrogen and oxygen atoms in total. The predicted octanol–water partition coefficient (Wildman–Crippen LogP) is 3.03. The van der Waals surface area contributed by atoms with Gasteiger partial charge < -0.3 is 15.2 Å². The van der Waals surface area contributed by atoms with Crippen LogP contribution in [0.25, 0.3) is 0 Å². The molecule has 1 aromatic rings. The largest absolute Gasteiger partial charge is 0.497 e. The summed E-state index contributed by atoms with van der Waals surface area (Å²) in [4.78, 5) is 0. The van der Waals surface area contributed by atoms with Gasteiger partial charge in [0.05, 0.1) is 18.4 Å². The molecule has 2 N–H and O–H groups in total. The number of hydrogen-bond donors (Lipinski definition) is 2. The Morgan fingerprint density at radius 1 is 1.44 bits per heavy atom. The molecule has 0 amide bonds. The molecular weight excluding hydrogens is 270 g/mol. The van der Waals surface area contributed by atoms with Gasteiger partial charge >= 0.3 is 0 Å². The molecule has 0 spiro atoms. The summed E-state index contributed by atoms with van der Waals surface area (Å²) in [5.41, 5.74) is 0.335. The van der Waals surface area contributed by atoms with Crippen LogP contribution in [0, 0.1) is 0 Å². The highest BCUT2D eigenvalue weighted by Crippen LogP contribution is 2.27. The molecule has 4 heteroatoms. The average molecular weight is 288 g/mol. The van der Waals surface area contributed by atoms with Crippen LogP contribution in [0.5, 0.6) is 5.75 Å². The van der Waals surface area contributed by atoms with Crippen LogP contribution in [0.4, 0.5) is 5.69 Å². The quantitative estimate of drug-likeness (QED) is 0.875. The van der Waals surface area contributed by atoms with Crippen molar-refractivity contribution < 1.29 is 9.84 Å². The van der Waals surface area contributed by atoms with Gasteiger partial charge in [0.25, 0.3) is 0 Å². The summed E-state index contributed by atoms with van der Waals surface area (Å²) in [5, 5.41) is 12.8. The van der Waals surface area contributed by atoms with Crippen molar-refractivity contribution in [3.63, 3.8) is 0 Å². The van der Waals surface area contributed by atoms with E-state index in [9.17, 15) is 5.11 Å². The molecule has 0 aromatic heterocycles. The fourth-order valence-corrected chi connectivity index (χ4v) is 1.66. The minimum atomic E-state index is -0.641. The van der Waals surface area contributed by atoms with Gasteiger partial charge in [-0.1, -0.05) is 0 Å². The van der Waals surface area contributed by atoms with E-state index in [2.05, 4.69) is 21.2 Å². The lowest BCUT2D eigenvalue weighted by Crippen LogP contribution is -2.22. The van der Waals surface area contributed by atoms with E-state index in [1.165, 1.54) is 0 Å². The van der Waals surface area contributed by atoms with Gasteiger partial charge in [-0.25, -0.2) is 0 Å². The highest BCUT2D eigenvalue weighted by Gasteiger charge is 2.11. The van der Waals surface area contributed by atoms with E-state index in [1.807, 2.05) is 18.2 Å². The van der Waals surface area contributed by atoms with E-state index >= 15 is 0 Å². The maximum Gasteiger partial charge on any atom is 0.121 e. The van der Waals surface area contributed by atoms with Crippen molar-refractivity contribution in [2.24, 2.45) is 0 Å². The monoisotopic (exact) mass is 287 g/mol. The Balaban J connectivity index is 2.59. The van der Waals surface area contributed by atoms with E-state index in [4.69, 9.17) is 4.74 Å². The number of benzene rings is 1. The predicted molar refractivity (Wildman–Crippen MR) is 70.1 cm³/mol. The maximum atomic E-state index is 9.59. The smallest absolute Gasteiger partial charge is 0.121 e. The fraction of sp³-hybridized carbons (Fsp3) is 0.500. The Bertz CT molecular complexity index is 347. The van der Waals surface area contributed by atoms with Crippen LogP contribution in [0.1, 0.15) is 20.3 Å². The Morgan fingerprint density at radius 2 is 2.12 bits per heavy atom. The molecule has 0 saturated carbocycles. The zero-order valence-electron chi connectivity index (χ0n) is 9.88. The van der Waals surface area contributed by atoms with Gasteiger partial charge in [-0.15, -0.1) is 0 Å². The third-order valence-electron chi connectivity index (χ3n) is 2.23. The summed E-state index contributed by atoms with van der Waals surface area (Å²) in [6, 6.07) is 5.75. The molecule has 0 fully saturated rings. The number of methoxy groups -OCH3 is 1. The first-order valence-corrected chi connectivity index (χ1v) is 6.01. The molecule has 1 rings (SSSR count). The van der Waals surface area contributed by atoms with Gasteiger partial charge in [0.2, 0.25) is 0 Å². The second kappa shape index (κ2) is 5.55. The number of nitrogens with one attached hydrogen (secondary N) is 1. The van der Waals surface area contributed by atoms with Crippen molar-refractivity contribution >= 4 is 21.6 Å². The van der Waals surface area contributed by atoms with E-state index in [0.29, 0.717) is 6.42 Å². The molecule has 0 radical (unpaired) electrons. The van der Waals surface area contributed by atoms with Gasteiger partial charge in [-0.05, 0) is 48.3 Å². The number of aliphatic hydroxyl groups is 1. The van der Waals surface area contributed by atoms with Crippen LogP contribution < -0.4 is 10.1 Å². The third-order valence-corrected chi connectivity index (χ3v) is 2.92. The van der Waals surface area contributed by atoms with Crippen LogP contribution in [-0.4, -0.2) is 24.4 Å². The summed E-state index contributed by atoms with van der Waals surface area (Å²) in [5.74, 6) is 0.814. The van der Waals surface area contributed by atoms with E-state index in [0.717, 1.165) is 22.5 Å². The molecule has 0 bridgehead atoms. The summed E-state index contributed by atoms with van der Waals surface area (Å²) in [7, 11) is 1.64. The zero-order valence-corrected chi connectivity index (χ0v) is 11.5. The highest BCUT2D eigenvalue weighted by atomic mass is 79.9. The number of anilines is 1. The summed E-state index contributed by atoms with van der Waals surface area (Å²) in [6.07, 6.45) is 0.691. The minimum Gasteiger partial charge on any atom is -0.497 e. The Morgan fingerprint density at radius 3 is 2.69 bits per heavy atom. The van der Waals surface area contributed by atoms with E-state index < -0.39 is 5.60 Å². The molecule has 0 atom stereocenters. The molecule has 0 aliphatic rings. The second-order valence-corrected chi connectivity index (χ2v) is 5.19. The van der Waals surface area contributed by atoms with E-state index in [1.54, 1.807) is 21.0 Å². The van der Waals surface area contributed by atoms with Crippen molar-refractivity contribution in [2.45, 2.75) is 25.9 Å². The lowest BCUT2D eigenvalue weighted by atomic mass is 10.1. The van der Waals surface area contributed by atoms with Crippen molar-refractivity contribution in [1.29, 1.82) is 0 Å². The molecular formula is C12H18BrNO2. The second-order valence-electron chi connectivity index (χ2n) is 4.33. The lowest BCUT2D eigenvalue weighted by molar-refractivity contribution is 0.0749. The molecule has 0 saturated heterocycles. The molecule has 0 heterocycles.